The summed E-state index contributed by atoms with van der Waals surface area (Å²) in [7, 11) is 1.72. The molecule has 2 heterocycles. The zero-order chi connectivity index (χ0) is 29.1. The third-order valence-electron chi connectivity index (χ3n) is 8.21. The first-order valence-electron chi connectivity index (χ1n) is 14.9. The van der Waals surface area contributed by atoms with E-state index >= 15 is 0 Å². The van der Waals surface area contributed by atoms with Crippen LogP contribution in [0.4, 0.5) is 0 Å². The van der Waals surface area contributed by atoms with Crippen molar-refractivity contribution in [2.45, 2.75) is 52.5 Å². The minimum atomic E-state index is -0.119. The fourth-order valence-corrected chi connectivity index (χ4v) is 6.10. The molecule has 42 heavy (non-hydrogen) atoms. The van der Waals surface area contributed by atoms with E-state index in [1.807, 2.05) is 24.3 Å². The van der Waals surface area contributed by atoms with E-state index in [-0.39, 0.29) is 5.91 Å². The number of nitrogens with zero attached hydrogens (tertiary/aromatic N) is 3. The normalized spacial score (nSPS) is 13.5. The van der Waals surface area contributed by atoms with E-state index in [1.54, 1.807) is 7.11 Å². The van der Waals surface area contributed by atoms with Crippen molar-refractivity contribution in [3.8, 4) is 5.75 Å². The van der Waals surface area contributed by atoms with Gasteiger partial charge in [0.25, 0.3) is 5.91 Å². The maximum atomic E-state index is 13.7. The van der Waals surface area contributed by atoms with E-state index in [0.717, 1.165) is 60.2 Å². The van der Waals surface area contributed by atoms with Crippen LogP contribution in [0.2, 0.25) is 0 Å². The maximum absolute atomic E-state index is 13.7. The van der Waals surface area contributed by atoms with E-state index in [1.165, 1.54) is 22.0 Å². The van der Waals surface area contributed by atoms with Crippen molar-refractivity contribution >= 4 is 27.5 Å². The highest BCUT2D eigenvalue weighted by Gasteiger charge is 2.28. The quantitative estimate of drug-likeness (QED) is 0.229. The third kappa shape index (κ3) is 5.75. The van der Waals surface area contributed by atoms with E-state index < -0.39 is 0 Å². The lowest BCUT2D eigenvalue weighted by Gasteiger charge is -2.28. The first kappa shape index (κ1) is 27.9. The number of hydrogen-bond acceptors (Lipinski definition) is 5. The molecule has 0 saturated carbocycles. The molecule has 0 aliphatic carbocycles. The Balaban J connectivity index is 1.25. The summed E-state index contributed by atoms with van der Waals surface area (Å²) in [5.74, 6) is 0.767. The van der Waals surface area contributed by atoms with E-state index in [4.69, 9.17) is 9.84 Å². The van der Waals surface area contributed by atoms with Crippen LogP contribution in [0.15, 0.2) is 78.9 Å². The van der Waals surface area contributed by atoms with Crippen LogP contribution in [-0.4, -0.2) is 46.8 Å². The Labute approximate surface area is 247 Å². The molecular weight excluding hydrogens is 522 g/mol. The van der Waals surface area contributed by atoms with Gasteiger partial charge in [-0.15, -0.1) is 0 Å². The summed E-state index contributed by atoms with van der Waals surface area (Å²) in [6.45, 7) is 8.68. The molecule has 0 spiro atoms. The Morgan fingerprint density at radius 2 is 1.69 bits per heavy atom. The second-order valence-electron chi connectivity index (χ2n) is 11.4. The van der Waals surface area contributed by atoms with Gasteiger partial charge in [-0.2, -0.15) is 5.10 Å². The van der Waals surface area contributed by atoms with Gasteiger partial charge in [-0.25, -0.2) is 0 Å². The molecule has 0 atom stereocenters. The van der Waals surface area contributed by atoms with Gasteiger partial charge < -0.3 is 15.4 Å². The van der Waals surface area contributed by atoms with Crippen molar-refractivity contribution in [3.05, 3.63) is 107 Å². The number of benzene rings is 4. The molecule has 5 aromatic rings. The summed E-state index contributed by atoms with van der Waals surface area (Å²) >= 11 is 0. The van der Waals surface area contributed by atoms with Crippen LogP contribution in [0, 0.1) is 0 Å². The molecule has 1 aromatic heterocycles. The van der Waals surface area contributed by atoms with Crippen LogP contribution in [-0.2, 0) is 32.6 Å². The Morgan fingerprint density at radius 1 is 0.929 bits per heavy atom. The number of rotatable bonds is 10. The first-order chi connectivity index (χ1) is 20.5. The number of amides is 1. The Hall–Kier alpha value is -4.20. The minimum absolute atomic E-state index is 0.119. The van der Waals surface area contributed by atoms with Gasteiger partial charge in [-0.05, 0) is 33.4 Å². The summed E-state index contributed by atoms with van der Waals surface area (Å²) in [5.41, 5.74) is 5.11. The number of ether oxygens (including phenoxy) is 1. The van der Waals surface area contributed by atoms with Crippen molar-refractivity contribution in [3.63, 3.8) is 0 Å². The molecule has 0 bridgehead atoms. The number of nitrogens with one attached hydrogen (secondary N) is 2. The fraction of sp³-hybridized carbons (Fsp3) is 0.314. The summed E-state index contributed by atoms with van der Waals surface area (Å²) < 4.78 is 7.67. The molecule has 2 N–H and O–H groups in total. The molecular formula is C35H39N5O2. The number of aromatic nitrogens is 2. The van der Waals surface area contributed by atoms with Crippen LogP contribution in [0.3, 0.4) is 0 Å². The molecule has 6 rings (SSSR count). The van der Waals surface area contributed by atoms with E-state index in [2.05, 4.69) is 88.7 Å². The highest BCUT2D eigenvalue weighted by Crippen LogP contribution is 2.31. The average molecular weight is 562 g/mol. The van der Waals surface area contributed by atoms with Crippen LogP contribution >= 0.6 is 0 Å². The second-order valence-corrected chi connectivity index (χ2v) is 11.4. The lowest BCUT2D eigenvalue weighted by Crippen LogP contribution is -2.33. The summed E-state index contributed by atoms with van der Waals surface area (Å²) in [6.07, 6.45) is 0.856. The largest absolute Gasteiger partial charge is 0.496 e. The van der Waals surface area contributed by atoms with Crippen molar-refractivity contribution in [1.29, 1.82) is 0 Å². The van der Waals surface area contributed by atoms with Gasteiger partial charge in [-0.1, -0.05) is 86.6 Å². The van der Waals surface area contributed by atoms with Gasteiger partial charge in [0.15, 0.2) is 5.69 Å². The molecule has 7 nitrogen and oxygen atoms in total. The zero-order valence-corrected chi connectivity index (χ0v) is 24.7. The van der Waals surface area contributed by atoms with E-state index in [0.29, 0.717) is 24.8 Å². The van der Waals surface area contributed by atoms with Gasteiger partial charge in [0.05, 0.1) is 13.7 Å². The lowest BCUT2D eigenvalue weighted by molar-refractivity contribution is 0.0943. The average Bonchev–Trinajstić information content (AvgIpc) is 3.37. The van der Waals surface area contributed by atoms with Gasteiger partial charge in [0, 0.05) is 61.8 Å². The van der Waals surface area contributed by atoms with Crippen molar-refractivity contribution in [2.75, 3.05) is 20.2 Å². The molecule has 1 aliphatic heterocycles. The van der Waals surface area contributed by atoms with Gasteiger partial charge in [0.1, 0.15) is 5.75 Å². The van der Waals surface area contributed by atoms with Crippen molar-refractivity contribution in [1.82, 2.24) is 25.3 Å². The number of hydrogen-bond donors (Lipinski definition) is 2. The smallest absolute Gasteiger partial charge is 0.272 e. The van der Waals surface area contributed by atoms with Gasteiger partial charge in [-0.3, -0.25) is 14.4 Å². The summed E-state index contributed by atoms with van der Waals surface area (Å²) in [5, 5.41) is 16.2. The molecule has 0 saturated heterocycles. The summed E-state index contributed by atoms with van der Waals surface area (Å²) in [6, 6.07) is 27.5. The Bertz CT molecular complexity index is 1720. The third-order valence-corrected chi connectivity index (χ3v) is 8.21. The number of methoxy groups -OCH3 is 1. The molecule has 4 aromatic carbocycles. The highest BCUT2D eigenvalue weighted by atomic mass is 16.5. The van der Waals surface area contributed by atoms with Crippen LogP contribution < -0.4 is 15.4 Å². The van der Waals surface area contributed by atoms with Gasteiger partial charge in [0.2, 0.25) is 0 Å². The topological polar surface area (TPSA) is 71.4 Å². The van der Waals surface area contributed by atoms with Crippen molar-refractivity contribution in [2.24, 2.45) is 0 Å². The second kappa shape index (κ2) is 12.3. The Kier molecular flexibility index (Phi) is 8.22. The molecule has 1 amide bonds. The highest BCUT2D eigenvalue weighted by molar-refractivity contribution is 5.95. The van der Waals surface area contributed by atoms with Crippen LogP contribution in [0.5, 0.6) is 5.75 Å². The number of fused-ring (bicyclic) bond motifs is 3. The molecule has 0 radical (unpaired) electrons. The predicted octanol–water partition coefficient (Wildman–Crippen LogP) is 5.68. The SMILES string of the molecule is COc1ccc(CN2CCc3c(c(C(=O)NCc4cccc5ccccc45)nn3CCNC(C)C)C2)c2ccccc12. The molecule has 0 unspecified atom stereocenters. The summed E-state index contributed by atoms with van der Waals surface area (Å²) in [4.78, 5) is 16.1. The van der Waals surface area contributed by atoms with Gasteiger partial charge >= 0.3 is 0 Å². The molecule has 1 aliphatic rings. The lowest BCUT2D eigenvalue weighted by atomic mass is 10.0. The number of carbonyl (C=O) groups is 1. The molecule has 0 fully saturated rings. The Morgan fingerprint density at radius 3 is 2.50 bits per heavy atom. The maximum Gasteiger partial charge on any atom is 0.272 e. The number of carbonyl (C=O) groups excluding carboxylic acids is 1. The molecule has 216 valence electrons. The fourth-order valence-electron chi connectivity index (χ4n) is 6.10. The minimum Gasteiger partial charge on any atom is -0.496 e. The molecule has 7 heteroatoms. The zero-order valence-electron chi connectivity index (χ0n) is 24.7. The van der Waals surface area contributed by atoms with E-state index in [9.17, 15) is 4.79 Å². The standard InChI is InChI=1S/C35H39N5O2/c1-24(2)36-18-20-40-32-17-19-39(22-27-15-16-33(42-3)30-14-7-6-13-29(27)30)23-31(32)34(38-40)35(41)37-21-26-11-8-10-25-9-4-5-12-28(25)26/h4-16,24,36H,17-23H2,1-3H3,(H,37,41). The first-order valence-corrected chi connectivity index (χ1v) is 14.9. The van der Waals surface area contributed by atoms with Crippen LogP contribution in [0.1, 0.15) is 46.7 Å². The predicted molar refractivity (Wildman–Crippen MR) is 169 cm³/mol. The monoisotopic (exact) mass is 561 g/mol. The van der Waals surface area contributed by atoms with Crippen molar-refractivity contribution < 1.29 is 9.53 Å². The van der Waals surface area contributed by atoms with Crippen LogP contribution in [0.25, 0.3) is 21.5 Å².